The minimum atomic E-state index is -0.619. The van der Waals surface area contributed by atoms with Gasteiger partial charge in [-0.25, -0.2) is 9.52 Å². The molecule has 0 saturated carbocycles. The van der Waals surface area contributed by atoms with E-state index in [0.717, 1.165) is 11.9 Å². The van der Waals surface area contributed by atoms with Crippen LogP contribution in [-0.2, 0) is 14.3 Å². The summed E-state index contributed by atoms with van der Waals surface area (Å²) in [5.74, 6) is -0.758. The Bertz CT molecular complexity index is 380. The van der Waals surface area contributed by atoms with Crippen LogP contribution in [-0.4, -0.2) is 35.3 Å². The van der Waals surface area contributed by atoms with Crippen LogP contribution in [0.25, 0.3) is 0 Å². The van der Waals surface area contributed by atoms with Crippen LogP contribution in [0.5, 0.6) is 0 Å². The predicted molar refractivity (Wildman–Crippen MR) is 82.4 cm³/mol. The van der Waals surface area contributed by atoms with Gasteiger partial charge in [0.2, 0.25) is 11.8 Å². The minimum Gasteiger partial charge on any atom is -0.451 e. The van der Waals surface area contributed by atoms with Gasteiger partial charge in [-0.05, 0) is 33.1 Å². The lowest BCUT2D eigenvalue weighted by atomic mass is 10.0. The van der Waals surface area contributed by atoms with Crippen LogP contribution in [0.3, 0.4) is 0 Å². The molecule has 0 rings (SSSR count). The molecule has 0 aliphatic carbocycles. The molecule has 0 heterocycles. The smallest absolute Gasteiger partial charge is 0.383 e. The zero-order valence-electron chi connectivity index (χ0n) is 13.2. The maximum atomic E-state index is 11.9. The first kappa shape index (κ1) is 19.7. The third kappa shape index (κ3) is 11.1. The molecule has 0 aromatic heterocycles. The second-order valence-electron chi connectivity index (χ2n) is 6.05. The Morgan fingerprint density at radius 2 is 1.81 bits per heavy atom. The van der Waals surface area contributed by atoms with E-state index in [2.05, 4.69) is 10.0 Å². The maximum Gasteiger partial charge on any atom is 0.383 e. The van der Waals surface area contributed by atoms with Gasteiger partial charge < -0.3 is 15.8 Å². The van der Waals surface area contributed by atoms with Crippen molar-refractivity contribution >= 4 is 29.1 Å². The van der Waals surface area contributed by atoms with Gasteiger partial charge in [-0.15, -0.1) is 0 Å². The first-order valence-corrected chi connectivity index (χ1v) is 7.54. The summed E-state index contributed by atoms with van der Waals surface area (Å²) < 4.78 is 7.90. The summed E-state index contributed by atoms with van der Waals surface area (Å²) in [4.78, 5) is 34.2. The predicted octanol–water partition coefficient (Wildman–Crippen LogP) is 1.18. The lowest BCUT2D eigenvalue weighted by Gasteiger charge is -2.21. The molecule has 0 aromatic carbocycles. The number of ether oxygens (including phenoxy) is 1. The standard InChI is InChI=1S/C13H25N3O4S/c1-8(2)6-9(11(18)15-7-10(14)17)16-21-12(19)20-13(3,4)5/h8-9,16H,6-7H2,1-5H3,(H2,14,17)(H,15,18)/t9-/m0/s1. The molecule has 0 bridgehead atoms. The van der Waals surface area contributed by atoms with E-state index in [1.165, 1.54) is 0 Å². The van der Waals surface area contributed by atoms with Crippen LogP contribution < -0.4 is 15.8 Å². The van der Waals surface area contributed by atoms with Gasteiger partial charge in [-0.3, -0.25) is 9.59 Å². The van der Waals surface area contributed by atoms with Gasteiger partial charge in [0.25, 0.3) is 0 Å². The molecule has 0 radical (unpaired) electrons. The van der Waals surface area contributed by atoms with Gasteiger partial charge in [-0.1, -0.05) is 13.8 Å². The number of nitrogens with one attached hydrogen (secondary N) is 2. The van der Waals surface area contributed by atoms with Crippen LogP contribution in [0.2, 0.25) is 0 Å². The van der Waals surface area contributed by atoms with Gasteiger partial charge in [0.15, 0.2) is 0 Å². The second-order valence-corrected chi connectivity index (χ2v) is 6.82. The van der Waals surface area contributed by atoms with Crippen molar-refractivity contribution < 1.29 is 19.1 Å². The van der Waals surface area contributed by atoms with E-state index in [-0.39, 0.29) is 18.4 Å². The molecular weight excluding hydrogens is 294 g/mol. The van der Waals surface area contributed by atoms with Crippen molar-refractivity contribution in [2.45, 2.75) is 52.7 Å². The SMILES string of the molecule is CC(C)C[C@H](NSC(=O)OC(C)(C)C)C(=O)NCC(N)=O. The number of amides is 2. The van der Waals surface area contributed by atoms with Crippen LogP contribution in [0.15, 0.2) is 0 Å². The fourth-order valence-corrected chi connectivity index (χ4v) is 2.10. The molecule has 7 nitrogen and oxygen atoms in total. The summed E-state index contributed by atoms with van der Waals surface area (Å²) in [7, 11) is 0. The van der Waals surface area contributed by atoms with Crippen molar-refractivity contribution in [2.24, 2.45) is 11.7 Å². The molecule has 0 saturated heterocycles. The van der Waals surface area contributed by atoms with E-state index in [0.29, 0.717) is 6.42 Å². The molecule has 0 aliphatic heterocycles. The number of carbonyl (C=O) groups excluding carboxylic acids is 3. The Hall–Kier alpha value is -1.28. The summed E-state index contributed by atoms with van der Waals surface area (Å²) in [6.07, 6.45) is 0.514. The van der Waals surface area contributed by atoms with Gasteiger partial charge in [0.1, 0.15) is 5.60 Å². The van der Waals surface area contributed by atoms with Crippen molar-refractivity contribution in [3.63, 3.8) is 0 Å². The van der Waals surface area contributed by atoms with Crippen LogP contribution >= 0.6 is 11.9 Å². The van der Waals surface area contributed by atoms with Crippen molar-refractivity contribution in [3.8, 4) is 0 Å². The van der Waals surface area contributed by atoms with E-state index in [1.54, 1.807) is 20.8 Å². The van der Waals surface area contributed by atoms with Crippen molar-refractivity contribution in [2.75, 3.05) is 6.54 Å². The molecule has 0 aromatic rings. The fraction of sp³-hybridized carbons (Fsp3) is 0.769. The number of nitrogens with two attached hydrogens (primary N) is 1. The van der Waals surface area contributed by atoms with Crippen LogP contribution in [0.1, 0.15) is 41.0 Å². The van der Waals surface area contributed by atoms with E-state index in [9.17, 15) is 14.4 Å². The molecule has 8 heteroatoms. The Morgan fingerprint density at radius 3 is 2.24 bits per heavy atom. The first-order chi connectivity index (χ1) is 9.51. The Kier molecular flexibility index (Phi) is 8.34. The molecule has 0 aliphatic rings. The van der Waals surface area contributed by atoms with Crippen LogP contribution in [0, 0.1) is 5.92 Å². The average molecular weight is 319 g/mol. The summed E-state index contributed by atoms with van der Waals surface area (Å²) in [6.45, 7) is 8.96. The van der Waals surface area contributed by atoms with E-state index >= 15 is 0 Å². The van der Waals surface area contributed by atoms with Crippen LogP contribution in [0.4, 0.5) is 4.79 Å². The molecule has 0 unspecified atom stereocenters. The van der Waals surface area contributed by atoms with Gasteiger partial charge >= 0.3 is 5.30 Å². The normalized spacial score (nSPS) is 12.9. The maximum absolute atomic E-state index is 11.9. The largest absolute Gasteiger partial charge is 0.451 e. The van der Waals surface area contributed by atoms with E-state index in [1.807, 2.05) is 13.8 Å². The average Bonchev–Trinajstić information content (AvgIpc) is 2.28. The van der Waals surface area contributed by atoms with Crippen molar-refractivity contribution in [1.82, 2.24) is 10.0 Å². The number of primary amides is 1. The molecule has 4 N–H and O–H groups in total. The zero-order chi connectivity index (χ0) is 16.6. The highest BCUT2D eigenvalue weighted by molar-refractivity contribution is 8.11. The first-order valence-electron chi connectivity index (χ1n) is 6.72. The molecule has 1 atom stereocenters. The highest BCUT2D eigenvalue weighted by Crippen LogP contribution is 2.15. The molecule has 0 fully saturated rings. The quantitative estimate of drug-likeness (QED) is 0.480. The second kappa shape index (κ2) is 8.89. The Balaban J connectivity index is 4.45. The van der Waals surface area contributed by atoms with E-state index < -0.39 is 22.9 Å². The molecule has 21 heavy (non-hydrogen) atoms. The number of rotatable bonds is 7. The monoisotopic (exact) mass is 319 g/mol. The highest BCUT2D eigenvalue weighted by Gasteiger charge is 2.23. The third-order valence-electron chi connectivity index (χ3n) is 2.13. The summed E-state index contributed by atoms with van der Waals surface area (Å²) in [5, 5.41) is 1.90. The minimum absolute atomic E-state index is 0.230. The number of hydrogen-bond acceptors (Lipinski definition) is 6. The lowest BCUT2D eigenvalue weighted by Crippen LogP contribution is -2.45. The van der Waals surface area contributed by atoms with E-state index in [4.69, 9.17) is 10.5 Å². The Morgan fingerprint density at radius 1 is 1.24 bits per heavy atom. The molecular formula is C13H25N3O4S. The Labute approximate surface area is 129 Å². The molecule has 2 amide bonds. The topological polar surface area (TPSA) is 111 Å². The van der Waals surface area contributed by atoms with Crippen molar-refractivity contribution in [1.29, 1.82) is 0 Å². The van der Waals surface area contributed by atoms with Gasteiger partial charge in [0, 0.05) is 11.9 Å². The summed E-state index contributed by atoms with van der Waals surface area (Å²) in [5.41, 5.74) is 4.39. The zero-order valence-corrected chi connectivity index (χ0v) is 14.0. The fourth-order valence-electron chi connectivity index (χ4n) is 1.37. The van der Waals surface area contributed by atoms with Gasteiger partial charge in [0.05, 0.1) is 12.6 Å². The summed E-state index contributed by atoms with van der Waals surface area (Å²) >= 11 is 0.728. The number of hydrogen-bond donors (Lipinski definition) is 3. The molecule has 122 valence electrons. The van der Waals surface area contributed by atoms with Gasteiger partial charge in [-0.2, -0.15) is 0 Å². The third-order valence-corrected chi connectivity index (χ3v) is 2.79. The van der Waals surface area contributed by atoms with Crippen molar-refractivity contribution in [3.05, 3.63) is 0 Å². The lowest BCUT2D eigenvalue weighted by molar-refractivity contribution is -0.126. The summed E-state index contributed by atoms with van der Waals surface area (Å²) in [6, 6.07) is -0.609. The highest BCUT2D eigenvalue weighted by atomic mass is 32.2. The molecule has 0 spiro atoms. The number of carbonyl (C=O) groups is 3.